The lowest BCUT2D eigenvalue weighted by atomic mass is 10.1. The Labute approximate surface area is 242 Å². The van der Waals surface area contributed by atoms with Crippen LogP contribution in [0.25, 0.3) is 22.3 Å². The van der Waals surface area contributed by atoms with Crippen molar-refractivity contribution in [3.8, 4) is 22.9 Å². The number of amides is 2. The fourth-order valence-corrected chi connectivity index (χ4v) is 4.66. The van der Waals surface area contributed by atoms with E-state index in [1.165, 1.54) is 13.8 Å². The van der Waals surface area contributed by atoms with Gasteiger partial charge in [0.05, 0.1) is 24.6 Å². The molecule has 2 amide bonds. The SMILES string of the molecule is COc1ccc(-c2nc3ccc(NC(C)=O)cc3c(=O)n2Cc2ccccc2)cc1COc1ccc(NC(C)=O)cc1. The van der Waals surface area contributed by atoms with E-state index >= 15 is 0 Å². The maximum absolute atomic E-state index is 13.9. The van der Waals surface area contributed by atoms with Crippen LogP contribution in [0.1, 0.15) is 25.0 Å². The van der Waals surface area contributed by atoms with E-state index in [0.717, 1.165) is 16.7 Å². The molecule has 2 N–H and O–H groups in total. The second-order valence-electron chi connectivity index (χ2n) is 9.75. The number of aromatic nitrogens is 2. The third kappa shape index (κ3) is 6.47. The van der Waals surface area contributed by atoms with Crippen LogP contribution in [0.15, 0.2) is 95.8 Å². The number of carbonyl (C=O) groups excluding carboxylic acids is 2. The van der Waals surface area contributed by atoms with E-state index in [1.54, 1.807) is 54.1 Å². The van der Waals surface area contributed by atoms with Gasteiger partial charge in [0.15, 0.2) is 0 Å². The van der Waals surface area contributed by atoms with Crippen molar-refractivity contribution in [1.29, 1.82) is 0 Å². The van der Waals surface area contributed by atoms with E-state index in [-0.39, 0.29) is 24.0 Å². The molecule has 1 aromatic heterocycles. The van der Waals surface area contributed by atoms with Gasteiger partial charge in [0, 0.05) is 36.3 Å². The van der Waals surface area contributed by atoms with Crippen LogP contribution in [0.2, 0.25) is 0 Å². The fraction of sp³-hybridized carbons (Fsp3) is 0.152. The number of benzene rings is 4. The first-order valence-corrected chi connectivity index (χ1v) is 13.3. The van der Waals surface area contributed by atoms with E-state index in [9.17, 15) is 14.4 Å². The first kappa shape index (κ1) is 28.1. The highest BCUT2D eigenvalue weighted by Crippen LogP contribution is 2.29. The first-order valence-electron chi connectivity index (χ1n) is 13.3. The number of hydrogen-bond acceptors (Lipinski definition) is 6. The lowest BCUT2D eigenvalue weighted by Crippen LogP contribution is -2.24. The molecule has 0 saturated heterocycles. The van der Waals surface area contributed by atoms with Crippen LogP contribution in [0, 0.1) is 0 Å². The minimum absolute atomic E-state index is 0.147. The smallest absolute Gasteiger partial charge is 0.262 e. The van der Waals surface area contributed by atoms with Gasteiger partial charge in [-0.2, -0.15) is 0 Å². The number of carbonyl (C=O) groups is 2. The van der Waals surface area contributed by atoms with E-state index in [0.29, 0.717) is 46.1 Å². The Balaban J connectivity index is 1.55. The van der Waals surface area contributed by atoms with Crippen LogP contribution in [0.5, 0.6) is 11.5 Å². The van der Waals surface area contributed by atoms with Gasteiger partial charge in [-0.1, -0.05) is 30.3 Å². The molecule has 42 heavy (non-hydrogen) atoms. The zero-order valence-corrected chi connectivity index (χ0v) is 23.5. The molecule has 9 heteroatoms. The summed E-state index contributed by atoms with van der Waals surface area (Å²) in [5.41, 5.74) is 3.93. The monoisotopic (exact) mass is 562 g/mol. The molecule has 0 atom stereocenters. The summed E-state index contributed by atoms with van der Waals surface area (Å²) in [6, 6.07) is 27.5. The predicted octanol–water partition coefficient (Wildman–Crippen LogP) is 5.62. The van der Waals surface area contributed by atoms with E-state index in [1.807, 2.05) is 48.5 Å². The van der Waals surface area contributed by atoms with Crippen LogP contribution in [0.3, 0.4) is 0 Å². The van der Waals surface area contributed by atoms with Gasteiger partial charge in [-0.15, -0.1) is 0 Å². The number of hydrogen-bond donors (Lipinski definition) is 2. The molecule has 0 fully saturated rings. The average molecular weight is 563 g/mol. The van der Waals surface area contributed by atoms with Crippen molar-refractivity contribution in [2.75, 3.05) is 17.7 Å². The number of methoxy groups -OCH3 is 1. The zero-order chi connectivity index (χ0) is 29.6. The summed E-state index contributed by atoms with van der Waals surface area (Å²) in [7, 11) is 1.59. The van der Waals surface area contributed by atoms with E-state index < -0.39 is 0 Å². The van der Waals surface area contributed by atoms with Gasteiger partial charge in [0.25, 0.3) is 5.56 Å². The average Bonchev–Trinajstić information content (AvgIpc) is 2.98. The van der Waals surface area contributed by atoms with Crippen LogP contribution in [-0.2, 0) is 22.7 Å². The van der Waals surface area contributed by atoms with Gasteiger partial charge < -0.3 is 20.1 Å². The molecule has 5 rings (SSSR count). The summed E-state index contributed by atoms with van der Waals surface area (Å²) >= 11 is 0. The molecule has 212 valence electrons. The molecule has 0 saturated carbocycles. The molecule has 0 radical (unpaired) electrons. The van der Waals surface area contributed by atoms with Gasteiger partial charge in [-0.05, 0) is 66.2 Å². The lowest BCUT2D eigenvalue weighted by molar-refractivity contribution is -0.115. The Bertz CT molecular complexity index is 1820. The number of rotatable bonds is 9. The van der Waals surface area contributed by atoms with Crippen molar-refractivity contribution in [1.82, 2.24) is 9.55 Å². The minimum atomic E-state index is -0.223. The molecule has 1 heterocycles. The molecule has 0 spiro atoms. The van der Waals surface area contributed by atoms with Crippen molar-refractivity contribution in [3.63, 3.8) is 0 Å². The quantitative estimate of drug-likeness (QED) is 0.241. The van der Waals surface area contributed by atoms with Crippen molar-refractivity contribution >= 4 is 34.1 Å². The topological polar surface area (TPSA) is 112 Å². The molecule has 0 aliphatic rings. The van der Waals surface area contributed by atoms with Crippen LogP contribution < -0.4 is 25.7 Å². The summed E-state index contributed by atoms with van der Waals surface area (Å²) in [6.45, 7) is 3.38. The fourth-order valence-electron chi connectivity index (χ4n) is 4.66. The first-order chi connectivity index (χ1) is 20.3. The van der Waals surface area contributed by atoms with Crippen LogP contribution >= 0.6 is 0 Å². The normalized spacial score (nSPS) is 10.7. The lowest BCUT2D eigenvalue weighted by Gasteiger charge is -2.17. The number of anilines is 2. The molecule has 0 bridgehead atoms. The molecular weight excluding hydrogens is 532 g/mol. The third-order valence-electron chi connectivity index (χ3n) is 6.57. The Hall–Kier alpha value is -5.44. The number of fused-ring (bicyclic) bond motifs is 1. The largest absolute Gasteiger partial charge is 0.496 e. The summed E-state index contributed by atoms with van der Waals surface area (Å²) in [5, 5.41) is 5.87. The van der Waals surface area contributed by atoms with Crippen molar-refractivity contribution in [2.45, 2.75) is 27.0 Å². The van der Waals surface area contributed by atoms with E-state index in [2.05, 4.69) is 10.6 Å². The van der Waals surface area contributed by atoms with Crippen molar-refractivity contribution < 1.29 is 19.1 Å². The Morgan fingerprint density at radius 3 is 2.21 bits per heavy atom. The van der Waals surface area contributed by atoms with Crippen molar-refractivity contribution in [2.24, 2.45) is 0 Å². The minimum Gasteiger partial charge on any atom is -0.496 e. The number of nitrogens with zero attached hydrogens (tertiary/aromatic N) is 2. The molecular formula is C33H30N4O5. The maximum atomic E-state index is 13.9. The molecule has 0 unspecified atom stereocenters. The molecule has 0 aliphatic carbocycles. The molecule has 0 aliphatic heterocycles. The number of ether oxygens (including phenoxy) is 2. The van der Waals surface area contributed by atoms with Gasteiger partial charge in [0.2, 0.25) is 11.8 Å². The summed E-state index contributed by atoms with van der Waals surface area (Å²) in [5.74, 6) is 1.38. The summed E-state index contributed by atoms with van der Waals surface area (Å²) in [6.07, 6.45) is 0. The van der Waals surface area contributed by atoms with Crippen molar-refractivity contribution in [3.05, 3.63) is 112 Å². The van der Waals surface area contributed by atoms with Gasteiger partial charge in [-0.25, -0.2) is 4.98 Å². The van der Waals surface area contributed by atoms with E-state index in [4.69, 9.17) is 14.5 Å². The predicted molar refractivity (Wildman–Crippen MR) is 163 cm³/mol. The zero-order valence-electron chi connectivity index (χ0n) is 23.5. The van der Waals surface area contributed by atoms with Gasteiger partial charge in [-0.3, -0.25) is 19.0 Å². The number of nitrogens with one attached hydrogen (secondary N) is 2. The standard InChI is InChI=1S/C33H30N4O5/c1-21(38)34-26-10-13-28(14-11-26)42-20-25-17-24(9-16-31(25)41-3)32-36-30-15-12-27(35-22(2)39)18-29(30)33(40)37(32)19-23-7-5-4-6-8-23/h4-18H,19-20H2,1-3H3,(H,34,38)(H,35,39). The van der Waals surface area contributed by atoms with Crippen LogP contribution in [0.4, 0.5) is 11.4 Å². The highest BCUT2D eigenvalue weighted by Gasteiger charge is 2.16. The Morgan fingerprint density at radius 2 is 1.52 bits per heavy atom. The Kier molecular flexibility index (Phi) is 8.29. The summed E-state index contributed by atoms with van der Waals surface area (Å²) < 4.78 is 13.3. The maximum Gasteiger partial charge on any atom is 0.262 e. The molecule has 5 aromatic rings. The van der Waals surface area contributed by atoms with Crippen LogP contribution in [-0.4, -0.2) is 28.5 Å². The second-order valence-corrected chi connectivity index (χ2v) is 9.75. The molecule has 4 aromatic carbocycles. The highest BCUT2D eigenvalue weighted by molar-refractivity contribution is 5.92. The van der Waals surface area contributed by atoms with Gasteiger partial charge in [0.1, 0.15) is 23.9 Å². The highest BCUT2D eigenvalue weighted by atomic mass is 16.5. The second kappa shape index (κ2) is 12.4. The van der Waals surface area contributed by atoms with Gasteiger partial charge >= 0.3 is 0 Å². The molecule has 9 nitrogen and oxygen atoms in total. The summed E-state index contributed by atoms with van der Waals surface area (Å²) in [4.78, 5) is 41.7. The third-order valence-corrected chi connectivity index (χ3v) is 6.57. The Morgan fingerprint density at radius 1 is 0.833 bits per heavy atom.